The third-order valence-electron chi connectivity index (χ3n) is 3.40. The van der Waals surface area contributed by atoms with Crippen LogP contribution in [0.4, 0.5) is 0 Å². The van der Waals surface area contributed by atoms with Gasteiger partial charge in [-0.3, -0.25) is 4.90 Å². The van der Waals surface area contributed by atoms with E-state index in [0.717, 1.165) is 18.7 Å². The molecule has 0 aromatic heterocycles. The van der Waals surface area contributed by atoms with Crippen LogP contribution in [-0.2, 0) is 13.0 Å². The first-order valence-electron chi connectivity index (χ1n) is 7.48. The fraction of sp³-hybridized carbons (Fsp3) is 0.647. The predicted octanol–water partition coefficient (Wildman–Crippen LogP) is 4.43. The van der Waals surface area contributed by atoms with Gasteiger partial charge in [-0.05, 0) is 50.1 Å². The number of nitrogens with zero attached hydrogens (tertiary/aromatic N) is 1. The van der Waals surface area contributed by atoms with Crippen LogP contribution >= 0.6 is 0 Å². The molecule has 0 aliphatic carbocycles. The Balaban J connectivity index is 0.000000741. The van der Waals surface area contributed by atoms with Crippen molar-refractivity contribution in [2.24, 2.45) is 0 Å². The molecule has 1 aromatic rings. The molecular weight excluding hydrogens is 234 g/mol. The lowest BCUT2D eigenvalue weighted by Crippen LogP contribution is -2.35. The van der Waals surface area contributed by atoms with E-state index in [-0.39, 0.29) is 0 Å². The van der Waals surface area contributed by atoms with Crippen LogP contribution in [0.1, 0.15) is 51.3 Å². The summed E-state index contributed by atoms with van der Waals surface area (Å²) in [5.74, 6) is 1.02. The Morgan fingerprint density at radius 2 is 1.68 bits per heavy atom. The largest absolute Gasteiger partial charge is 0.496 e. The molecule has 2 heteroatoms. The SMILES string of the molecule is CC.CC.COc1cc2c(cc1C)CN(C)[C@@H](C)C2. The van der Waals surface area contributed by atoms with Crippen molar-refractivity contribution in [3.63, 3.8) is 0 Å². The quantitative estimate of drug-likeness (QED) is 0.744. The molecule has 19 heavy (non-hydrogen) atoms. The summed E-state index contributed by atoms with van der Waals surface area (Å²) in [6.07, 6.45) is 1.13. The molecule has 0 fully saturated rings. The van der Waals surface area contributed by atoms with Gasteiger partial charge in [0.25, 0.3) is 0 Å². The Morgan fingerprint density at radius 1 is 1.11 bits per heavy atom. The van der Waals surface area contributed by atoms with E-state index in [1.165, 1.54) is 16.7 Å². The van der Waals surface area contributed by atoms with Crippen molar-refractivity contribution in [2.45, 2.75) is 60.5 Å². The van der Waals surface area contributed by atoms with Crippen LogP contribution in [0.3, 0.4) is 0 Å². The van der Waals surface area contributed by atoms with Gasteiger partial charge in [-0.2, -0.15) is 0 Å². The molecule has 0 saturated heterocycles. The highest BCUT2D eigenvalue weighted by Crippen LogP contribution is 2.28. The maximum Gasteiger partial charge on any atom is 0.122 e. The molecular formula is C17H31NO. The van der Waals surface area contributed by atoms with E-state index in [2.05, 4.69) is 37.9 Å². The standard InChI is InChI=1S/C13H19NO.2C2H6/c1-9-5-12-8-14(3)10(2)6-11(12)7-13(9)15-4;2*1-2/h5,7,10H,6,8H2,1-4H3;2*1-2H3/t10-;;/m0../s1. The molecule has 2 rings (SSSR count). The molecule has 110 valence electrons. The first-order chi connectivity index (χ1) is 9.11. The lowest BCUT2D eigenvalue weighted by Gasteiger charge is -2.32. The van der Waals surface area contributed by atoms with Gasteiger partial charge < -0.3 is 4.74 Å². The van der Waals surface area contributed by atoms with Crippen LogP contribution in [0.2, 0.25) is 0 Å². The first-order valence-corrected chi connectivity index (χ1v) is 7.48. The van der Waals surface area contributed by atoms with Crippen molar-refractivity contribution in [3.8, 4) is 5.75 Å². The van der Waals surface area contributed by atoms with Gasteiger partial charge in [0.05, 0.1) is 7.11 Å². The maximum absolute atomic E-state index is 5.36. The molecule has 1 aromatic carbocycles. The van der Waals surface area contributed by atoms with E-state index in [1.54, 1.807) is 7.11 Å². The number of likely N-dealkylation sites (N-methyl/N-ethyl adjacent to an activating group) is 1. The lowest BCUT2D eigenvalue weighted by molar-refractivity contribution is 0.230. The number of rotatable bonds is 1. The van der Waals surface area contributed by atoms with Crippen LogP contribution in [0.15, 0.2) is 12.1 Å². The van der Waals surface area contributed by atoms with E-state index in [0.29, 0.717) is 6.04 Å². The topological polar surface area (TPSA) is 12.5 Å². The van der Waals surface area contributed by atoms with E-state index >= 15 is 0 Å². The van der Waals surface area contributed by atoms with E-state index in [4.69, 9.17) is 4.74 Å². The summed E-state index contributed by atoms with van der Waals surface area (Å²) in [7, 11) is 3.93. The third kappa shape index (κ3) is 4.54. The van der Waals surface area contributed by atoms with Crippen molar-refractivity contribution in [1.82, 2.24) is 4.90 Å². The number of benzene rings is 1. The average molecular weight is 265 g/mol. The van der Waals surface area contributed by atoms with Gasteiger partial charge in [-0.25, -0.2) is 0 Å². The summed E-state index contributed by atoms with van der Waals surface area (Å²) in [6, 6.07) is 5.09. The van der Waals surface area contributed by atoms with E-state index < -0.39 is 0 Å². The molecule has 1 atom stereocenters. The molecule has 1 heterocycles. The van der Waals surface area contributed by atoms with Crippen LogP contribution in [0.25, 0.3) is 0 Å². The van der Waals surface area contributed by atoms with Gasteiger partial charge in [-0.1, -0.05) is 33.8 Å². The van der Waals surface area contributed by atoms with Crippen LogP contribution in [-0.4, -0.2) is 25.1 Å². The summed E-state index contributed by atoms with van der Waals surface area (Å²) in [4.78, 5) is 2.40. The van der Waals surface area contributed by atoms with Crippen LogP contribution in [0.5, 0.6) is 5.75 Å². The van der Waals surface area contributed by atoms with Gasteiger partial charge in [-0.15, -0.1) is 0 Å². The highest BCUT2D eigenvalue weighted by atomic mass is 16.5. The molecule has 1 aliphatic rings. The Bertz CT molecular complexity index is 374. The van der Waals surface area contributed by atoms with Gasteiger partial charge in [0.1, 0.15) is 5.75 Å². The summed E-state index contributed by atoms with van der Waals surface area (Å²) >= 11 is 0. The Morgan fingerprint density at radius 3 is 2.21 bits per heavy atom. The molecule has 0 bridgehead atoms. The van der Waals surface area contributed by atoms with Crippen LogP contribution < -0.4 is 4.74 Å². The number of methoxy groups -OCH3 is 1. The Kier molecular flexibility index (Phi) is 8.49. The number of fused-ring (bicyclic) bond motifs is 1. The fourth-order valence-electron chi connectivity index (χ4n) is 2.25. The summed E-state index contributed by atoms with van der Waals surface area (Å²) in [6.45, 7) is 13.4. The normalized spacial score (nSPS) is 17.4. The second-order valence-corrected chi connectivity index (χ2v) is 4.56. The van der Waals surface area contributed by atoms with Crippen molar-refractivity contribution in [1.29, 1.82) is 0 Å². The number of hydrogen-bond donors (Lipinski definition) is 0. The molecule has 0 amide bonds. The molecule has 1 aliphatic heterocycles. The highest BCUT2D eigenvalue weighted by Gasteiger charge is 2.20. The van der Waals surface area contributed by atoms with Gasteiger partial charge >= 0.3 is 0 Å². The summed E-state index contributed by atoms with van der Waals surface area (Å²) in [5, 5.41) is 0. The zero-order chi connectivity index (χ0) is 15.0. The minimum Gasteiger partial charge on any atom is -0.496 e. The van der Waals surface area contributed by atoms with Gasteiger partial charge in [0, 0.05) is 12.6 Å². The molecule has 0 N–H and O–H groups in total. The number of aryl methyl sites for hydroxylation is 1. The van der Waals surface area contributed by atoms with Crippen molar-refractivity contribution in [2.75, 3.05) is 14.2 Å². The first kappa shape index (κ1) is 18.0. The number of hydrogen-bond acceptors (Lipinski definition) is 2. The third-order valence-corrected chi connectivity index (χ3v) is 3.40. The highest BCUT2D eigenvalue weighted by molar-refractivity contribution is 5.43. The average Bonchev–Trinajstić information content (AvgIpc) is 2.44. The predicted molar refractivity (Wildman–Crippen MR) is 85.1 cm³/mol. The van der Waals surface area contributed by atoms with E-state index in [1.807, 2.05) is 27.7 Å². The summed E-state index contributed by atoms with van der Waals surface area (Å²) in [5.41, 5.74) is 4.14. The van der Waals surface area contributed by atoms with Gasteiger partial charge in [0.2, 0.25) is 0 Å². The van der Waals surface area contributed by atoms with Crippen molar-refractivity contribution < 1.29 is 4.74 Å². The zero-order valence-electron chi connectivity index (χ0n) is 14.0. The lowest BCUT2D eigenvalue weighted by atomic mass is 9.93. The zero-order valence-corrected chi connectivity index (χ0v) is 14.0. The van der Waals surface area contributed by atoms with Crippen molar-refractivity contribution >= 4 is 0 Å². The summed E-state index contributed by atoms with van der Waals surface area (Å²) < 4.78 is 5.36. The fourth-order valence-corrected chi connectivity index (χ4v) is 2.25. The van der Waals surface area contributed by atoms with Gasteiger partial charge in [0.15, 0.2) is 0 Å². The second-order valence-electron chi connectivity index (χ2n) is 4.56. The Labute approximate surface area is 119 Å². The van der Waals surface area contributed by atoms with E-state index in [9.17, 15) is 0 Å². The Hall–Kier alpha value is -1.02. The monoisotopic (exact) mass is 265 g/mol. The number of ether oxygens (including phenoxy) is 1. The molecule has 0 unspecified atom stereocenters. The molecule has 0 spiro atoms. The minimum atomic E-state index is 0.630. The smallest absolute Gasteiger partial charge is 0.122 e. The minimum absolute atomic E-state index is 0.630. The maximum atomic E-state index is 5.36. The molecule has 0 radical (unpaired) electrons. The van der Waals surface area contributed by atoms with Crippen molar-refractivity contribution in [3.05, 3.63) is 28.8 Å². The molecule has 2 nitrogen and oxygen atoms in total. The molecule has 0 saturated carbocycles. The second kappa shape index (κ2) is 8.98. The van der Waals surface area contributed by atoms with Crippen LogP contribution in [0, 0.1) is 6.92 Å².